The van der Waals surface area contributed by atoms with Crippen molar-refractivity contribution in [1.29, 1.82) is 0 Å². The Morgan fingerprint density at radius 3 is 2.52 bits per heavy atom. The van der Waals surface area contributed by atoms with Gasteiger partial charge in [0.05, 0.1) is 18.8 Å². The van der Waals surface area contributed by atoms with Gasteiger partial charge in [0.2, 0.25) is 5.95 Å². The number of benzene rings is 1. The third-order valence-electron chi connectivity index (χ3n) is 4.80. The standard InChI is InChI=1S/C20H19FN6O2/c1-25-16-17(24-19(25)23-11-14-8-5-6-10-22-14)26(2)20(29)27(18(16)28)12-13-7-3-4-9-15(13)21/h3-10H,11-12H2,1-2H3,(H,23,24). The molecule has 0 aliphatic heterocycles. The van der Waals surface area contributed by atoms with E-state index in [9.17, 15) is 14.0 Å². The van der Waals surface area contributed by atoms with Crippen LogP contribution in [0.3, 0.4) is 0 Å². The van der Waals surface area contributed by atoms with Crippen LogP contribution in [0.1, 0.15) is 11.3 Å². The summed E-state index contributed by atoms with van der Waals surface area (Å²) in [4.78, 5) is 34.4. The lowest BCUT2D eigenvalue weighted by Crippen LogP contribution is -2.40. The molecule has 1 aromatic carbocycles. The van der Waals surface area contributed by atoms with E-state index in [4.69, 9.17) is 0 Å². The van der Waals surface area contributed by atoms with Gasteiger partial charge < -0.3 is 9.88 Å². The predicted molar refractivity (Wildman–Crippen MR) is 107 cm³/mol. The minimum absolute atomic E-state index is 0.157. The second kappa shape index (κ2) is 7.34. The Hall–Kier alpha value is -3.75. The average molecular weight is 394 g/mol. The molecule has 1 N–H and O–H groups in total. The summed E-state index contributed by atoms with van der Waals surface area (Å²) < 4.78 is 17.9. The lowest BCUT2D eigenvalue weighted by molar-refractivity contribution is 0.582. The van der Waals surface area contributed by atoms with Crippen LogP contribution in [0, 0.1) is 5.82 Å². The third kappa shape index (κ3) is 3.31. The van der Waals surface area contributed by atoms with Crippen LogP contribution < -0.4 is 16.6 Å². The summed E-state index contributed by atoms with van der Waals surface area (Å²) in [5, 5.41) is 3.14. The second-order valence-corrected chi connectivity index (χ2v) is 6.67. The summed E-state index contributed by atoms with van der Waals surface area (Å²) in [5.74, 6) is -0.0364. The molecule has 4 rings (SSSR count). The molecule has 4 aromatic rings. The molecule has 0 bridgehead atoms. The van der Waals surface area contributed by atoms with Gasteiger partial charge in [-0.1, -0.05) is 24.3 Å². The highest BCUT2D eigenvalue weighted by atomic mass is 19.1. The number of imidazole rings is 1. The summed E-state index contributed by atoms with van der Waals surface area (Å²) >= 11 is 0. The van der Waals surface area contributed by atoms with Crippen molar-refractivity contribution >= 4 is 17.1 Å². The number of hydrogen-bond donors (Lipinski definition) is 1. The molecule has 3 aromatic heterocycles. The van der Waals surface area contributed by atoms with E-state index in [1.807, 2.05) is 18.2 Å². The number of aryl methyl sites for hydroxylation is 2. The first kappa shape index (κ1) is 18.6. The molecule has 0 aliphatic rings. The number of rotatable bonds is 5. The molecular weight excluding hydrogens is 375 g/mol. The number of fused-ring (bicyclic) bond motifs is 1. The van der Waals surface area contributed by atoms with Gasteiger partial charge in [0.1, 0.15) is 5.82 Å². The molecule has 148 valence electrons. The van der Waals surface area contributed by atoms with Crippen LogP contribution in [0.2, 0.25) is 0 Å². The quantitative estimate of drug-likeness (QED) is 0.556. The molecule has 0 atom stereocenters. The van der Waals surface area contributed by atoms with Gasteiger partial charge in [-0.2, -0.15) is 4.98 Å². The number of halogens is 1. The van der Waals surface area contributed by atoms with Crippen LogP contribution in [-0.2, 0) is 27.2 Å². The van der Waals surface area contributed by atoms with Crippen molar-refractivity contribution < 1.29 is 4.39 Å². The molecule has 0 amide bonds. The average Bonchev–Trinajstić information content (AvgIpc) is 3.06. The largest absolute Gasteiger partial charge is 0.350 e. The van der Waals surface area contributed by atoms with Crippen molar-refractivity contribution in [3.63, 3.8) is 0 Å². The molecule has 0 saturated carbocycles. The van der Waals surface area contributed by atoms with Gasteiger partial charge in [0.15, 0.2) is 11.2 Å². The van der Waals surface area contributed by atoms with Crippen molar-refractivity contribution in [3.8, 4) is 0 Å². The number of nitrogens with one attached hydrogen (secondary N) is 1. The van der Waals surface area contributed by atoms with E-state index in [1.165, 1.54) is 17.7 Å². The van der Waals surface area contributed by atoms with E-state index in [-0.39, 0.29) is 23.3 Å². The topological polar surface area (TPSA) is 86.7 Å². The lowest BCUT2D eigenvalue weighted by Gasteiger charge is -2.09. The maximum atomic E-state index is 14.0. The van der Waals surface area contributed by atoms with Gasteiger partial charge in [-0.25, -0.2) is 9.18 Å². The van der Waals surface area contributed by atoms with E-state index >= 15 is 0 Å². The summed E-state index contributed by atoms with van der Waals surface area (Å²) in [5.41, 5.74) is 0.516. The molecule has 0 unspecified atom stereocenters. The van der Waals surface area contributed by atoms with Crippen LogP contribution in [0.5, 0.6) is 0 Å². The van der Waals surface area contributed by atoms with E-state index in [0.29, 0.717) is 12.5 Å². The first-order valence-corrected chi connectivity index (χ1v) is 9.01. The minimum atomic E-state index is -0.555. The maximum absolute atomic E-state index is 14.0. The molecule has 0 fully saturated rings. The summed E-state index contributed by atoms with van der Waals surface area (Å²) in [6.07, 6.45) is 1.69. The highest BCUT2D eigenvalue weighted by Gasteiger charge is 2.19. The fourth-order valence-corrected chi connectivity index (χ4v) is 3.21. The number of anilines is 1. The fraction of sp³-hybridized carbons (Fsp3) is 0.200. The van der Waals surface area contributed by atoms with E-state index in [0.717, 1.165) is 10.3 Å². The molecule has 0 radical (unpaired) electrons. The highest BCUT2D eigenvalue weighted by molar-refractivity contribution is 5.74. The second-order valence-electron chi connectivity index (χ2n) is 6.67. The van der Waals surface area contributed by atoms with Gasteiger partial charge in [-0.05, 0) is 18.2 Å². The summed E-state index contributed by atoms with van der Waals surface area (Å²) in [7, 11) is 3.23. The summed E-state index contributed by atoms with van der Waals surface area (Å²) in [6, 6.07) is 11.6. The molecule has 0 spiro atoms. The molecule has 9 heteroatoms. The van der Waals surface area contributed by atoms with E-state index in [1.54, 1.807) is 36.0 Å². The Morgan fingerprint density at radius 1 is 1.03 bits per heavy atom. The normalized spacial score (nSPS) is 11.1. The molecular formula is C20H19FN6O2. The zero-order valence-electron chi connectivity index (χ0n) is 16.0. The van der Waals surface area contributed by atoms with Crippen molar-refractivity contribution in [1.82, 2.24) is 23.7 Å². The number of pyridine rings is 1. The van der Waals surface area contributed by atoms with Crippen molar-refractivity contribution in [3.05, 3.63) is 86.6 Å². The van der Waals surface area contributed by atoms with Crippen molar-refractivity contribution in [2.24, 2.45) is 14.1 Å². The Labute approximate surface area is 164 Å². The number of hydrogen-bond acceptors (Lipinski definition) is 5. The molecule has 0 aliphatic carbocycles. The van der Waals surface area contributed by atoms with Crippen LogP contribution in [0.4, 0.5) is 10.3 Å². The fourth-order valence-electron chi connectivity index (χ4n) is 3.21. The highest BCUT2D eigenvalue weighted by Crippen LogP contribution is 2.15. The SMILES string of the molecule is Cn1c(NCc2ccccn2)nc2c1c(=O)n(Cc1ccccc1F)c(=O)n2C. The van der Waals surface area contributed by atoms with Crippen molar-refractivity contribution in [2.45, 2.75) is 13.1 Å². The Morgan fingerprint density at radius 2 is 1.79 bits per heavy atom. The molecule has 8 nitrogen and oxygen atoms in total. The Balaban J connectivity index is 1.78. The number of nitrogens with zero attached hydrogens (tertiary/aromatic N) is 5. The lowest BCUT2D eigenvalue weighted by atomic mass is 10.2. The van der Waals surface area contributed by atoms with Crippen LogP contribution in [0.15, 0.2) is 58.3 Å². The van der Waals surface area contributed by atoms with Gasteiger partial charge in [-0.15, -0.1) is 0 Å². The maximum Gasteiger partial charge on any atom is 0.332 e. The van der Waals surface area contributed by atoms with Gasteiger partial charge in [-0.3, -0.25) is 18.9 Å². The van der Waals surface area contributed by atoms with Gasteiger partial charge in [0.25, 0.3) is 5.56 Å². The van der Waals surface area contributed by atoms with Gasteiger partial charge >= 0.3 is 5.69 Å². The zero-order valence-corrected chi connectivity index (χ0v) is 16.0. The van der Waals surface area contributed by atoms with Crippen LogP contribution >= 0.6 is 0 Å². The predicted octanol–water partition coefficient (Wildman–Crippen LogP) is 1.63. The third-order valence-corrected chi connectivity index (χ3v) is 4.80. The Bertz CT molecular complexity index is 1310. The summed E-state index contributed by atoms with van der Waals surface area (Å²) in [6.45, 7) is 0.255. The van der Waals surface area contributed by atoms with E-state index < -0.39 is 17.1 Å². The zero-order chi connectivity index (χ0) is 20.5. The number of aromatic nitrogens is 5. The van der Waals surface area contributed by atoms with E-state index in [2.05, 4.69) is 15.3 Å². The molecule has 0 saturated heterocycles. The monoisotopic (exact) mass is 394 g/mol. The first-order chi connectivity index (χ1) is 14.0. The first-order valence-electron chi connectivity index (χ1n) is 9.01. The van der Waals surface area contributed by atoms with Crippen LogP contribution in [0.25, 0.3) is 11.2 Å². The Kier molecular flexibility index (Phi) is 4.71. The van der Waals surface area contributed by atoms with Crippen LogP contribution in [-0.4, -0.2) is 23.7 Å². The molecule has 29 heavy (non-hydrogen) atoms. The van der Waals surface area contributed by atoms with Gasteiger partial charge in [0, 0.05) is 25.9 Å². The smallest absolute Gasteiger partial charge is 0.332 e. The molecule has 3 heterocycles. The minimum Gasteiger partial charge on any atom is -0.350 e. The van der Waals surface area contributed by atoms with Crippen molar-refractivity contribution in [2.75, 3.05) is 5.32 Å².